The van der Waals surface area contributed by atoms with E-state index in [-0.39, 0.29) is 18.9 Å². The van der Waals surface area contributed by atoms with E-state index in [0.717, 1.165) is 7.11 Å². The molecule has 3 fully saturated rings. The molecule has 0 aromatic rings. The molecule has 16 atom stereocenters. The van der Waals surface area contributed by atoms with Crippen LogP contribution in [0.3, 0.4) is 0 Å². The average molecular weight is 612 g/mol. The molecule has 3 aliphatic rings. The van der Waals surface area contributed by atoms with Crippen LogP contribution in [0.1, 0.15) is 20.3 Å². The van der Waals surface area contributed by atoms with Crippen molar-refractivity contribution in [3.63, 3.8) is 0 Å². The number of amides is 1. The molecule has 0 radical (unpaired) electrons. The van der Waals surface area contributed by atoms with Crippen molar-refractivity contribution in [1.82, 2.24) is 5.32 Å². The SMILES string of the molecule is COC(=O)C(NC(=O)[C@H]1O[C@H](O[C@@H]2[C@@H](O)[C@H](O[C@@H]3O[C@H](CN)[C@@H](O)[C@H](O)[C@H]3O)[C@@H](N)C[C@H]2N)[C@H](O)[C@@H](N)[C@@H]1O)C(C)C. The van der Waals surface area contributed by atoms with Crippen molar-refractivity contribution in [2.24, 2.45) is 28.9 Å². The van der Waals surface area contributed by atoms with Crippen LogP contribution in [-0.2, 0) is 33.3 Å². The molecule has 2 aliphatic heterocycles. The first-order chi connectivity index (χ1) is 19.6. The van der Waals surface area contributed by atoms with E-state index < -0.39 is 110 Å². The fourth-order valence-electron chi connectivity index (χ4n) is 5.25. The van der Waals surface area contributed by atoms with Crippen LogP contribution < -0.4 is 28.3 Å². The van der Waals surface area contributed by atoms with Gasteiger partial charge in [-0.1, -0.05) is 13.8 Å². The van der Waals surface area contributed by atoms with Crippen LogP contribution in [0.4, 0.5) is 0 Å². The van der Waals surface area contributed by atoms with Gasteiger partial charge in [-0.15, -0.1) is 0 Å². The lowest BCUT2D eigenvalue weighted by atomic mass is 9.84. The molecule has 1 saturated carbocycles. The van der Waals surface area contributed by atoms with Crippen LogP contribution in [0.25, 0.3) is 0 Å². The molecule has 0 aromatic carbocycles. The standard InChI is InChI=1S/C24H45N5O13/c1-6(2)11(22(37)38-3)29-21(36)20-13(31)10(28)14(32)23(42-20)40-18-7(26)4-8(27)19(17(18)35)41-24-16(34)15(33)12(30)9(5-25)39-24/h6-20,23-24,30-35H,4-5,25-28H2,1-3H3,(H,29,36)/t7-,8+,9-,10+,11?,12-,13+,14-,15+,16-,17-,18+,19-,20+,23+,24+/m1/s1. The quantitative estimate of drug-likeness (QED) is 0.108. The molecule has 18 heteroatoms. The van der Waals surface area contributed by atoms with E-state index >= 15 is 0 Å². The van der Waals surface area contributed by atoms with Crippen molar-refractivity contribution in [1.29, 1.82) is 0 Å². The normalized spacial score (nSPS) is 45.3. The number of ether oxygens (including phenoxy) is 5. The third kappa shape index (κ3) is 7.19. The van der Waals surface area contributed by atoms with Crippen molar-refractivity contribution in [3.8, 4) is 0 Å². The Balaban J connectivity index is 1.76. The van der Waals surface area contributed by atoms with Gasteiger partial charge in [0.1, 0.15) is 61.0 Å². The summed E-state index contributed by atoms with van der Waals surface area (Å²) in [4.78, 5) is 25.1. The van der Waals surface area contributed by atoms with Crippen LogP contribution in [0.5, 0.6) is 0 Å². The lowest BCUT2D eigenvalue weighted by Gasteiger charge is -2.48. The number of aliphatic hydroxyl groups is 6. The summed E-state index contributed by atoms with van der Waals surface area (Å²) < 4.78 is 27.3. The van der Waals surface area contributed by atoms with Crippen molar-refractivity contribution in [3.05, 3.63) is 0 Å². The van der Waals surface area contributed by atoms with Gasteiger partial charge in [-0.2, -0.15) is 0 Å². The van der Waals surface area contributed by atoms with E-state index in [4.69, 9.17) is 46.6 Å². The maximum absolute atomic E-state index is 13.0. The van der Waals surface area contributed by atoms with Gasteiger partial charge < -0.3 is 82.6 Å². The maximum atomic E-state index is 13.0. The van der Waals surface area contributed by atoms with E-state index in [1.54, 1.807) is 13.8 Å². The Bertz CT molecular complexity index is 918. The van der Waals surface area contributed by atoms with E-state index in [0.29, 0.717) is 0 Å². The summed E-state index contributed by atoms with van der Waals surface area (Å²) in [5.41, 5.74) is 23.9. The minimum atomic E-state index is -1.72. The van der Waals surface area contributed by atoms with Crippen molar-refractivity contribution < 1.29 is 63.9 Å². The number of rotatable bonds is 9. The van der Waals surface area contributed by atoms with Crippen LogP contribution in [0.2, 0.25) is 0 Å². The molecular formula is C24H45N5O13. The Morgan fingerprint density at radius 1 is 0.833 bits per heavy atom. The number of hydrogen-bond acceptors (Lipinski definition) is 17. The Morgan fingerprint density at radius 2 is 1.38 bits per heavy atom. The summed E-state index contributed by atoms with van der Waals surface area (Å²) in [5.74, 6) is -2.05. The first-order valence-corrected chi connectivity index (χ1v) is 13.7. The molecule has 0 spiro atoms. The van der Waals surface area contributed by atoms with Crippen LogP contribution in [0, 0.1) is 5.92 Å². The molecule has 0 bridgehead atoms. The van der Waals surface area contributed by atoms with Gasteiger partial charge in [0.05, 0.1) is 13.2 Å². The summed E-state index contributed by atoms with van der Waals surface area (Å²) in [5, 5.41) is 65.5. The largest absolute Gasteiger partial charge is 0.467 e. The third-order valence-electron chi connectivity index (χ3n) is 7.88. The third-order valence-corrected chi connectivity index (χ3v) is 7.88. The van der Waals surface area contributed by atoms with Gasteiger partial charge in [0, 0.05) is 18.6 Å². The summed E-state index contributed by atoms with van der Waals surface area (Å²) >= 11 is 0. The Hall–Kier alpha value is -1.62. The molecule has 244 valence electrons. The first-order valence-electron chi connectivity index (χ1n) is 13.7. The predicted molar refractivity (Wildman–Crippen MR) is 139 cm³/mol. The fraction of sp³-hybridized carbons (Fsp3) is 0.917. The molecule has 3 rings (SSSR count). The van der Waals surface area contributed by atoms with E-state index in [2.05, 4.69) is 5.32 Å². The lowest BCUT2D eigenvalue weighted by Crippen LogP contribution is -2.69. The monoisotopic (exact) mass is 611 g/mol. The zero-order valence-electron chi connectivity index (χ0n) is 23.6. The van der Waals surface area contributed by atoms with Crippen LogP contribution >= 0.6 is 0 Å². The van der Waals surface area contributed by atoms with Crippen molar-refractivity contribution in [2.45, 2.75) is 118 Å². The molecular weight excluding hydrogens is 566 g/mol. The zero-order valence-corrected chi connectivity index (χ0v) is 23.6. The van der Waals surface area contributed by atoms with Crippen LogP contribution in [0.15, 0.2) is 0 Å². The predicted octanol–water partition coefficient (Wildman–Crippen LogP) is -6.97. The van der Waals surface area contributed by atoms with Crippen molar-refractivity contribution >= 4 is 11.9 Å². The van der Waals surface area contributed by atoms with E-state index in [1.807, 2.05) is 0 Å². The van der Waals surface area contributed by atoms with Gasteiger partial charge in [-0.3, -0.25) is 4.79 Å². The molecule has 18 nitrogen and oxygen atoms in total. The summed E-state index contributed by atoms with van der Waals surface area (Å²) in [6.07, 6.45) is -18.6. The van der Waals surface area contributed by atoms with Gasteiger partial charge in [0.25, 0.3) is 5.91 Å². The number of nitrogens with one attached hydrogen (secondary N) is 1. The molecule has 1 unspecified atom stereocenters. The highest BCUT2D eigenvalue weighted by molar-refractivity contribution is 5.87. The van der Waals surface area contributed by atoms with E-state index in [1.165, 1.54) is 0 Å². The van der Waals surface area contributed by atoms with Crippen molar-refractivity contribution in [2.75, 3.05) is 13.7 Å². The lowest BCUT2D eigenvalue weighted by molar-refractivity contribution is -0.329. The molecule has 2 heterocycles. The molecule has 0 aromatic heterocycles. The Labute approximate surface area is 242 Å². The van der Waals surface area contributed by atoms with Gasteiger partial charge in [-0.25, -0.2) is 4.79 Å². The Kier molecular flexibility index (Phi) is 12.0. The highest BCUT2D eigenvalue weighted by Gasteiger charge is 2.52. The first kappa shape index (κ1) is 34.9. The number of methoxy groups -OCH3 is 1. The van der Waals surface area contributed by atoms with Gasteiger partial charge in [0.2, 0.25) is 0 Å². The smallest absolute Gasteiger partial charge is 0.328 e. The molecule has 2 saturated heterocycles. The molecule has 42 heavy (non-hydrogen) atoms. The number of carbonyl (C=O) groups is 2. The number of nitrogens with two attached hydrogens (primary N) is 4. The highest BCUT2D eigenvalue weighted by atomic mass is 16.7. The topological polar surface area (TPSA) is 318 Å². The summed E-state index contributed by atoms with van der Waals surface area (Å²) in [7, 11) is 1.15. The second kappa shape index (κ2) is 14.4. The van der Waals surface area contributed by atoms with Crippen LogP contribution in [-0.4, -0.2) is 154 Å². The minimum absolute atomic E-state index is 0.00267. The number of aliphatic hydroxyl groups excluding tert-OH is 6. The fourth-order valence-corrected chi connectivity index (χ4v) is 5.25. The van der Waals surface area contributed by atoms with Gasteiger partial charge in [-0.05, 0) is 12.3 Å². The summed E-state index contributed by atoms with van der Waals surface area (Å²) in [6, 6.07) is -4.40. The van der Waals surface area contributed by atoms with E-state index in [9.17, 15) is 40.2 Å². The Morgan fingerprint density at radius 3 is 1.88 bits per heavy atom. The van der Waals surface area contributed by atoms with Gasteiger partial charge >= 0.3 is 5.97 Å². The molecule has 1 aliphatic carbocycles. The summed E-state index contributed by atoms with van der Waals surface area (Å²) in [6.45, 7) is 3.11. The van der Waals surface area contributed by atoms with Gasteiger partial charge in [0.15, 0.2) is 18.7 Å². The maximum Gasteiger partial charge on any atom is 0.328 e. The molecule has 15 N–H and O–H groups in total. The second-order valence-electron chi connectivity index (χ2n) is 11.2. The zero-order chi connectivity index (χ0) is 31.6. The minimum Gasteiger partial charge on any atom is -0.467 e. The number of carbonyl (C=O) groups excluding carboxylic acids is 2. The molecule has 1 amide bonds. The second-order valence-corrected chi connectivity index (χ2v) is 11.2. The average Bonchev–Trinajstić information content (AvgIpc) is 2.94. The highest BCUT2D eigenvalue weighted by Crippen LogP contribution is 2.31. The number of hydrogen-bond donors (Lipinski definition) is 11. The number of esters is 1.